The molecule has 0 radical (unpaired) electrons. The Labute approximate surface area is 143 Å². The SMILES string of the molecule is CO[C@H]1C[C@@H](Nc2ncc3c(-c4cnc5nccn5c4)c[nH]c3n2)C1. The van der Waals surface area contributed by atoms with Crippen molar-refractivity contribution < 1.29 is 4.74 Å². The van der Waals surface area contributed by atoms with Crippen molar-refractivity contribution in [1.82, 2.24) is 29.3 Å². The molecule has 1 aliphatic rings. The van der Waals surface area contributed by atoms with Crippen LogP contribution in [0.3, 0.4) is 0 Å². The monoisotopic (exact) mass is 335 g/mol. The fourth-order valence-electron chi connectivity index (χ4n) is 3.23. The van der Waals surface area contributed by atoms with Gasteiger partial charge in [0.2, 0.25) is 11.7 Å². The van der Waals surface area contributed by atoms with E-state index in [2.05, 4.69) is 30.2 Å². The maximum Gasteiger partial charge on any atom is 0.233 e. The van der Waals surface area contributed by atoms with E-state index in [0.29, 0.717) is 23.9 Å². The number of nitrogens with one attached hydrogen (secondary N) is 2. The van der Waals surface area contributed by atoms with Crippen LogP contribution in [-0.2, 0) is 4.74 Å². The van der Waals surface area contributed by atoms with Gasteiger partial charge in [0.15, 0.2) is 0 Å². The van der Waals surface area contributed by atoms with E-state index in [1.165, 1.54) is 0 Å². The van der Waals surface area contributed by atoms with E-state index >= 15 is 0 Å². The lowest BCUT2D eigenvalue weighted by atomic mass is 9.89. The quantitative estimate of drug-likeness (QED) is 0.594. The minimum Gasteiger partial charge on any atom is -0.381 e. The molecule has 0 saturated heterocycles. The predicted octanol–water partition coefficient (Wildman–Crippen LogP) is 2.26. The number of methoxy groups -OCH3 is 1. The third kappa shape index (κ3) is 2.42. The van der Waals surface area contributed by atoms with Gasteiger partial charge in [-0.25, -0.2) is 15.0 Å². The van der Waals surface area contributed by atoms with Gasteiger partial charge in [0.1, 0.15) is 5.65 Å². The number of H-pyrrole nitrogens is 1. The Hall–Kier alpha value is -3.00. The molecule has 0 atom stereocenters. The first kappa shape index (κ1) is 14.4. The zero-order valence-corrected chi connectivity index (χ0v) is 13.7. The standard InChI is InChI=1S/C17H17N7O/c1-25-12-4-11(5-12)22-16-20-8-14-13(7-19-15(14)23-16)10-6-21-17-18-2-3-24(17)9-10/h2-3,6-9,11-12H,4-5H2,1H3,(H2,19,20,22,23)/t11-,12+. The van der Waals surface area contributed by atoms with Crippen LogP contribution in [0, 0.1) is 0 Å². The summed E-state index contributed by atoms with van der Waals surface area (Å²) in [5.41, 5.74) is 2.82. The Kier molecular flexibility index (Phi) is 3.17. The summed E-state index contributed by atoms with van der Waals surface area (Å²) in [4.78, 5) is 20.8. The number of ether oxygens (including phenoxy) is 1. The average molecular weight is 335 g/mol. The molecule has 8 nitrogen and oxygen atoms in total. The number of rotatable bonds is 4. The highest BCUT2D eigenvalue weighted by Gasteiger charge is 2.29. The highest BCUT2D eigenvalue weighted by molar-refractivity contribution is 5.93. The molecule has 0 aliphatic heterocycles. The molecule has 1 fully saturated rings. The Balaban J connectivity index is 1.45. The maximum atomic E-state index is 5.30. The summed E-state index contributed by atoms with van der Waals surface area (Å²) in [6.07, 6.45) is 13.6. The molecule has 8 heteroatoms. The van der Waals surface area contributed by atoms with Crippen molar-refractivity contribution in [1.29, 1.82) is 0 Å². The number of imidazole rings is 1. The molecular formula is C17H17N7O. The van der Waals surface area contributed by atoms with Crippen molar-refractivity contribution in [2.45, 2.75) is 25.0 Å². The third-order valence-corrected chi connectivity index (χ3v) is 4.75. The second-order valence-corrected chi connectivity index (χ2v) is 6.31. The Morgan fingerprint density at radius 3 is 3.04 bits per heavy atom. The van der Waals surface area contributed by atoms with Gasteiger partial charge < -0.3 is 15.0 Å². The fraction of sp³-hybridized carbons (Fsp3) is 0.294. The van der Waals surface area contributed by atoms with Gasteiger partial charge in [-0.15, -0.1) is 0 Å². The lowest BCUT2D eigenvalue weighted by molar-refractivity contribution is 0.0327. The van der Waals surface area contributed by atoms with Gasteiger partial charge in [0.25, 0.3) is 0 Å². The molecule has 2 N–H and O–H groups in total. The van der Waals surface area contributed by atoms with Gasteiger partial charge >= 0.3 is 0 Å². The van der Waals surface area contributed by atoms with Gasteiger partial charge in [0.05, 0.1) is 6.10 Å². The molecule has 4 aromatic rings. The normalized spacial score (nSPS) is 20.0. The van der Waals surface area contributed by atoms with Crippen LogP contribution in [0.25, 0.3) is 27.9 Å². The van der Waals surface area contributed by atoms with Gasteiger partial charge in [-0.1, -0.05) is 0 Å². The van der Waals surface area contributed by atoms with Crippen LogP contribution in [0.15, 0.2) is 37.2 Å². The minimum atomic E-state index is 0.351. The smallest absolute Gasteiger partial charge is 0.233 e. The second kappa shape index (κ2) is 5.52. The summed E-state index contributed by atoms with van der Waals surface area (Å²) in [7, 11) is 1.75. The predicted molar refractivity (Wildman–Crippen MR) is 93.3 cm³/mol. The number of hydrogen-bond donors (Lipinski definition) is 2. The van der Waals surface area contributed by atoms with Crippen molar-refractivity contribution >= 4 is 22.8 Å². The van der Waals surface area contributed by atoms with Crippen molar-refractivity contribution in [3.63, 3.8) is 0 Å². The molecule has 25 heavy (non-hydrogen) atoms. The van der Waals surface area contributed by atoms with E-state index < -0.39 is 0 Å². The van der Waals surface area contributed by atoms with Gasteiger partial charge in [-0.05, 0) is 12.8 Å². The summed E-state index contributed by atoms with van der Waals surface area (Å²) >= 11 is 0. The largest absolute Gasteiger partial charge is 0.381 e. The number of aromatic amines is 1. The van der Waals surface area contributed by atoms with Gasteiger partial charge in [0, 0.05) is 66.8 Å². The van der Waals surface area contributed by atoms with Crippen LogP contribution in [0.1, 0.15) is 12.8 Å². The van der Waals surface area contributed by atoms with E-state index in [0.717, 1.165) is 35.0 Å². The Morgan fingerprint density at radius 2 is 2.16 bits per heavy atom. The van der Waals surface area contributed by atoms with Crippen molar-refractivity contribution in [2.75, 3.05) is 12.4 Å². The van der Waals surface area contributed by atoms with Crippen LogP contribution in [-0.4, -0.2) is 48.6 Å². The first-order valence-electron chi connectivity index (χ1n) is 8.22. The molecule has 126 valence electrons. The van der Waals surface area contributed by atoms with Crippen LogP contribution in [0.4, 0.5) is 5.95 Å². The van der Waals surface area contributed by atoms with Gasteiger partial charge in [-0.2, -0.15) is 4.98 Å². The summed E-state index contributed by atoms with van der Waals surface area (Å²) in [6.45, 7) is 0. The number of nitrogens with zero attached hydrogens (tertiary/aromatic N) is 5. The van der Waals surface area contributed by atoms with Crippen LogP contribution >= 0.6 is 0 Å². The van der Waals surface area contributed by atoms with E-state index in [1.807, 2.05) is 35.4 Å². The molecule has 0 spiro atoms. The van der Waals surface area contributed by atoms with E-state index in [-0.39, 0.29) is 0 Å². The van der Waals surface area contributed by atoms with E-state index in [1.54, 1.807) is 13.3 Å². The van der Waals surface area contributed by atoms with Crippen LogP contribution < -0.4 is 5.32 Å². The number of aromatic nitrogens is 6. The average Bonchev–Trinajstić information content (AvgIpc) is 3.23. The highest BCUT2D eigenvalue weighted by Crippen LogP contribution is 2.29. The summed E-state index contributed by atoms with van der Waals surface area (Å²) in [5, 5.41) is 4.33. The third-order valence-electron chi connectivity index (χ3n) is 4.75. The number of fused-ring (bicyclic) bond motifs is 2. The molecule has 4 aromatic heterocycles. The van der Waals surface area contributed by atoms with Gasteiger partial charge in [-0.3, -0.25) is 4.40 Å². The lowest BCUT2D eigenvalue weighted by Gasteiger charge is -2.34. The molecule has 1 aliphatic carbocycles. The lowest BCUT2D eigenvalue weighted by Crippen LogP contribution is -2.40. The molecule has 0 bridgehead atoms. The second-order valence-electron chi connectivity index (χ2n) is 6.31. The topological polar surface area (TPSA) is 93.0 Å². The molecule has 0 amide bonds. The highest BCUT2D eigenvalue weighted by atomic mass is 16.5. The first-order chi connectivity index (χ1) is 12.3. The van der Waals surface area contributed by atoms with Crippen LogP contribution in [0.2, 0.25) is 0 Å². The van der Waals surface area contributed by atoms with Crippen molar-refractivity contribution in [2.24, 2.45) is 0 Å². The number of hydrogen-bond acceptors (Lipinski definition) is 6. The zero-order chi connectivity index (χ0) is 16.8. The fourth-order valence-corrected chi connectivity index (χ4v) is 3.23. The summed E-state index contributed by atoms with van der Waals surface area (Å²) in [6, 6.07) is 0.379. The molecule has 1 saturated carbocycles. The Morgan fingerprint density at radius 1 is 1.24 bits per heavy atom. The molecule has 4 heterocycles. The minimum absolute atomic E-state index is 0.351. The number of anilines is 1. The maximum absolute atomic E-state index is 5.30. The first-order valence-corrected chi connectivity index (χ1v) is 8.22. The molecule has 5 rings (SSSR count). The summed E-state index contributed by atoms with van der Waals surface area (Å²) < 4.78 is 7.20. The van der Waals surface area contributed by atoms with E-state index in [9.17, 15) is 0 Å². The van der Waals surface area contributed by atoms with Crippen molar-refractivity contribution in [3.8, 4) is 11.1 Å². The molecule has 0 aromatic carbocycles. The summed E-state index contributed by atoms with van der Waals surface area (Å²) in [5.74, 6) is 1.32. The Bertz CT molecular complexity index is 1050. The van der Waals surface area contributed by atoms with Crippen LogP contribution in [0.5, 0.6) is 0 Å². The zero-order valence-electron chi connectivity index (χ0n) is 13.7. The molecular weight excluding hydrogens is 318 g/mol. The molecule has 0 unspecified atom stereocenters. The van der Waals surface area contributed by atoms with Crippen molar-refractivity contribution in [3.05, 3.63) is 37.2 Å². The van der Waals surface area contributed by atoms with E-state index in [4.69, 9.17) is 4.74 Å².